The molecular weight excluding hydrogens is 298 g/mol. The first-order valence-corrected chi connectivity index (χ1v) is 8.51. The number of para-hydroxylation sites is 1. The fourth-order valence-electron chi connectivity index (χ4n) is 3.11. The van der Waals surface area contributed by atoms with Gasteiger partial charge in [-0.15, -0.1) is 0 Å². The topological polar surface area (TPSA) is 49.1 Å². The summed E-state index contributed by atoms with van der Waals surface area (Å²) in [7, 11) is 1.97. The summed E-state index contributed by atoms with van der Waals surface area (Å²) in [5.41, 5.74) is 4.19. The summed E-state index contributed by atoms with van der Waals surface area (Å²) in [6.07, 6.45) is 4.43. The first-order chi connectivity index (χ1) is 11.7. The van der Waals surface area contributed by atoms with Crippen LogP contribution >= 0.6 is 0 Å². The molecule has 0 radical (unpaired) electrons. The summed E-state index contributed by atoms with van der Waals surface area (Å²) in [5.74, 6) is 1.68. The molecular formula is C20H23N3O. The lowest BCUT2D eigenvalue weighted by molar-refractivity contribution is 0.323. The third kappa shape index (κ3) is 3.51. The normalized spacial score (nSPS) is 13.0. The number of nitrogens with zero attached hydrogens (tertiary/aromatic N) is 3. The van der Waals surface area contributed by atoms with Crippen LogP contribution in [0.4, 0.5) is 5.82 Å². The maximum absolute atomic E-state index is 9.46. The van der Waals surface area contributed by atoms with Gasteiger partial charge < -0.3 is 9.64 Å². The quantitative estimate of drug-likeness (QED) is 0.843. The number of aromatic nitrogens is 1. The zero-order valence-electron chi connectivity index (χ0n) is 14.4. The first kappa shape index (κ1) is 16.3. The highest BCUT2D eigenvalue weighted by atomic mass is 16.5. The van der Waals surface area contributed by atoms with E-state index in [1.165, 1.54) is 18.4 Å². The van der Waals surface area contributed by atoms with Crippen LogP contribution in [0, 0.1) is 18.3 Å². The molecule has 3 rings (SSSR count). The number of nitriles is 1. The molecule has 0 N–H and O–H groups in total. The van der Waals surface area contributed by atoms with Crippen molar-refractivity contribution in [2.24, 2.45) is 0 Å². The molecule has 1 aromatic carbocycles. The highest BCUT2D eigenvalue weighted by Gasteiger charge is 2.17. The second-order valence-corrected chi connectivity index (χ2v) is 6.32. The maximum Gasteiger partial charge on any atom is 0.146 e. The monoisotopic (exact) mass is 321 g/mol. The summed E-state index contributed by atoms with van der Waals surface area (Å²) in [6, 6.07) is 12.3. The minimum Gasteiger partial charge on any atom is -0.491 e. The molecule has 2 aromatic rings. The van der Waals surface area contributed by atoms with Crippen molar-refractivity contribution in [1.82, 2.24) is 4.98 Å². The van der Waals surface area contributed by atoms with Gasteiger partial charge in [0.05, 0.1) is 12.1 Å². The van der Waals surface area contributed by atoms with E-state index in [2.05, 4.69) is 6.07 Å². The molecule has 1 aliphatic rings. The van der Waals surface area contributed by atoms with Gasteiger partial charge in [0.2, 0.25) is 0 Å². The average Bonchev–Trinajstić information content (AvgIpc) is 2.62. The van der Waals surface area contributed by atoms with Gasteiger partial charge in [-0.25, -0.2) is 4.98 Å². The van der Waals surface area contributed by atoms with E-state index in [-0.39, 0.29) is 0 Å². The van der Waals surface area contributed by atoms with Crippen LogP contribution in [0.25, 0.3) is 0 Å². The van der Waals surface area contributed by atoms with E-state index in [0.717, 1.165) is 35.7 Å². The lowest BCUT2D eigenvalue weighted by Gasteiger charge is -2.23. The fraction of sp³-hybridized carbons (Fsp3) is 0.400. The molecule has 0 aliphatic heterocycles. The van der Waals surface area contributed by atoms with Gasteiger partial charge in [0.1, 0.15) is 24.2 Å². The second-order valence-electron chi connectivity index (χ2n) is 6.32. The van der Waals surface area contributed by atoms with Gasteiger partial charge in [-0.3, -0.25) is 0 Å². The molecule has 0 fully saturated rings. The Kier molecular flexibility index (Phi) is 5.00. The molecule has 0 spiro atoms. The molecule has 1 aromatic heterocycles. The van der Waals surface area contributed by atoms with Crippen molar-refractivity contribution in [1.29, 1.82) is 5.26 Å². The van der Waals surface area contributed by atoms with E-state index in [1.807, 2.05) is 49.2 Å². The number of benzene rings is 1. The second kappa shape index (κ2) is 7.35. The van der Waals surface area contributed by atoms with Crippen LogP contribution in [0.5, 0.6) is 5.75 Å². The highest BCUT2D eigenvalue weighted by Crippen LogP contribution is 2.26. The number of hydrogen-bond donors (Lipinski definition) is 0. The molecule has 4 heteroatoms. The summed E-state index contributed by atoms with van der Waals surface area (Å²) < 4.78 is 5.86. The predicted octanol–water partition coefficient (Wildman–Crippen LogP) is 3.66. The lowest BCUT2D eigenvalue weighted by atomic mass is 9.95. The van der Waals surface area contributed by atoms with Gasteiger partial charge >= 0.3 is 0 Å². The molecule has 0 saturated heterocycles. The number of ether oxygens (including phenoxy) is 1. The highest BCUT2D eigenvalue weighted by molar-refractivity contribution is 5.56. The molecule has 0 bridgehead atoms. The van der Waals surface area contributed by atoms with Crippen molar-refractivity contribution in [3.8, 4) is 11.8 Å². The van der Waals surface area contributed by atoms with Crippen molar-refractivity contribution in [2.45, 2.75) is 32.6 Å². The summed E-state index contributed by atoms with van der Waals surface area (Å²) in [5, 5.41) is 9.46. The number of likely N-dealkylation sites (N-methyl/N-ethyl adjacent to an activating group) is 1. The zero-order valence-corrected chi connectivity index (χ0v) is 14.4. The van der Waals surface area contributed by atoms with Crippen LogP contribution in [0.3, 0.4) is 0 Å². The van der Waals surface area contributed by atoms with Crippen LogP contribution < -0.4 is 9.64 Å². The molecule has 124 valence electrons. The Balaban J connectivity index is 1.69. The smallest absolute Gasteiger partial charge is 0.146 e. The number of fused-ring (bicyclic) bond motifs is 1. The van der Waals surface area contributed by atoms with Crippen molar-refractivity contribution in [2.75, 3.05) is 25.1 Å². The third-order valence-electron chi connectivity index (χ3n) is 4.54. The van der Waals surface area contributed by atoms with Gasteiger partial charge in [-0.1, -0.05) is 18.2 Å². The van der Waals surface area contributed by atoms with E-state index in [0.29, 0.717) is 18.7 Å². The zero-order chi connectivity index (χ0) is 16.9. The molecule has 1 aliphatic carbocycles. The predicted molar refractivity (Wildman–Crippen MR) is 95.5 cm³/mol. The van der Waals surface area contributed by atoms with Crippen LogP contribution in [0.2, 0.25) is 0 Å². The van der Waals surface area contributed by atoms with E-state index < -0.39 is 0 Å². The average molecular weight is 321 g/mol. The van der Waals surface area contributed by atoms with E-state index >= 15 is 0 Å². The molecule has 0 atom stereocenters. The molecule has 0 saturated carbocycles. The summed E-state index contributed by atoms with van der Waals surface area (Å²) in [6.45, 7) is 3.29. The van der Waals surface area contributed by atoms with Crippen molar-refractivity contribution >= 4 is 5.82 Å². The molecule has 0 unspecified atom stereocenters. The Morgan fingerprint density at radius 2 is 2.04 bits per heavy atom. The van der Waals surface area contributed by atoms with Crippen LogP contribution in [0.1, 0.15) is 35.2 Å². The Bertz CT molecular complexity index is 764. The van der Waals surface area contributed by atoms with Gasteiger partial charge in [0, 0.05) is 12.7 Å². The maximum atomic E-state index is 9.46. The number of aryl methyl sites for hydroxylation is 3. The Hall–Kier alpha value is -2.54. The Morgan fingerprint density at radius 1 is 1.25 bits per heavy atom. The van der Waals surface area contributed by atoms with Gasteiger partial charge in [-0.05, 0) is 55.9 Å². The summed E-state index contributed by atoms with van der Waals surface area (Å²) >= 11 is 0. The molecule has 0 amide bonds. The molecule has 4 nitrogen and oxygen atoms in total. The third-order valence-corrected chi connectivity index (χ3v) is 4.54. The number of hydrogen-bond acceptors (Lipinski definition) is 4. The number of pyridine rings is 1. The van der Waals surface area contributed by atoms with Gasteiger partial charge in [0.15, 0.2) is 0 Å². The Morgan fingerprint density at radius 3 is 2.83 bits per heavy atom. The van der Waals surface area contributed by atoms with E-state index in [4.69, 9.17) is 9.72 Å². The van der Waals surface area contributed by atoms with Crippen molar-refractivity contribution in [3.05, 3.63) is 52.7 Å². The number of anilines is 1. The SMILES string of the molecule is Cc1ccccc1OCCN(C)c1nc2c(cc1C#N)CCCC2. The minimum atomic E-state index is 0.561. The van der Waals surface area contributed by atoms with E-state index in [1.54, 1.807) is 0 Å². The largest absolute Gasteiger partial charge is 0.491 e. The van der Waals surface area contributed by atoms with Crippen LogP contribution in [-0.4, -0.2) is 25.2 Å². The Labute approximate surface area is 143 Å². The first-order valence-electron chi connectivity index (χ1n) is 8.51. The van der Waals surface area contributed by atoms with Crippen molar-refractivity contribution < 1.29 is 4.74 Å². The standard InChI is InChI=1S/C20H23N3O/c1-15-7-3-6-10-19(15)24-12-11-23(2)20-17(14-21)13-16-8-4-5-9-18(16)22-20/h3,6-7,10,13H,4-5,8-9,11-12H2,1-2H3. The van der Waals surface area contributed by atoms with Gasteiger partial charge in [-0.2, -0.15) is 5.26 Å². The summed E-state index contributed by atoms with van der Waals surface area (Å²) in [4.78, 5) is 6.79. The molecule has 1 heterocycles. The minimum absolute atomic E-state index is 0.561. The van der Waals surface area contributed by atoms with E-state index in [9.17, 15) is 5.26 Å². The fourth-order valence-corrected chi connectivity index (χ4v) is 3.11. The van der Waals surface area contributed by atoms with Crippen LogP contribution in [0.15, 0.2) is 30.3 Å². The van der Waals surface area contributed by atoms with Crippen LogP contribution in [-0.2, 0) is 12.8 Å². The molecule has 24 heavy (non-hydrogen) atoms. The van der Waals surface area contributed by atoms with Crippen molar-refractivity contribution in [3.63, 3.8) is 0 Å². The van der Waals surface area contributed by atoms with Gasteiger partial charge in [0.25, 0.3) is 0 Å². The number of rotatable bonds is 5. The lowest BCUT2D eigenvalue weighted by Crippen LogP contribution is -2.26.